The third-order valence-corrected chi connectivity index (χ3v) is 3.15. The van der Waals surface area contributed by atoms with Crippen molar-refractivity contribution in [2.75, 3.05) is 26.7 Å². The Bertz CT molecular complexity index is 163. The van der Waals surface area contributed by atoms with Crippen molar-refractivity contribution in [1.29, 1.82) is 0 Å². The Morgan fingerprint density at radius 2 is 2.31 bits per heavy atom. The molecule has 1 rings (SSSR count). The Morgan fingerprint density at radius 3 is 2.69 bits per heavy atom. The van der Waals surface area contributed by atoms with Gasteiger partial charge in [0, 0.05) is 19.0 Å². The van der Waals surface area contributed by atoms with E-state index >= 15 is 0 Å². The van der Waals surface area contributed by atoms with Crippen LogP contribution in [0.2, 0.25) is 0 Å². The number of hydrogen-bond acceptors (Lipinski definition) is 3. The lowest BCUT2D eigenvalue weighted by Crippen LogP contribution is -2.43. The molecule has 0 aromatic carbocycles. The summed E-state index contributed by atoms with van der Waals surface area (Å²) in [5.41, 5.74) is 5.18. The van der Waals surface area contributed by atoms with Crippen LogP contribution in [0.3, 0.4) is 0 Å². The van der Waals surface area contributed by atoms with E-state index in [-0.39, 0.29) is 5.92 Å². The first-order valence-corrected chi connectivity index (χ1v) is 5.23. The molecule has 1 saturated heterocycles. The van der Waals surface area contributed by atoms with Gasteiger partial charge in [0.25, 0.3) is 0 Å². The molecule has 2 unspecified atom stereocenters. The van der Waals surface area contributed by atoms with Crippen LogP contribution < -0.4 is 5.73 Å². The first kappa shape index (κ1) is 11.0. The van der Waals surface area contributed by atoms with E-state index in [0.717, 1.165) is 32.4 Å². The molecule has 1 heterocycles. The van der Waals surface area contributed by atoms with Gasteiger partial charge in [0.2, 0.25) is 0 Å². The van der Waals surface area contributed by atoms with Gasteiger partial charge in [-0.15, -0.1) is 0 Å². The van der Waals surface area contributed by atoms with Gasteiger partial charge in [-0.2, -0.15) is 0 Å². The summed E-state index contributed by atoms with van der Waals surface area (Å²) in [7, 11) is 2.05. The van der Waals surface area contributed by atoms with Gasteiger partial charge in [0.05, 0.1) is 5.60 Å². The third kappa shape index (κ3) is 2.42. The molecule has 1 fully saturated rings. The van der Waals surface area contributed by atoms with Gasteiger partial charge in [-0.3, -0.25) is 0 Å². The molecule has 0 aliphatic carbocycles. The number of hydrogen-bond donors (Lipinski definition) is 2. The van der Waals surface area contributed by atoms with E-state index in [2.05, 4.69) is 18.9 Å². The standard InChI is InChI=1S/C10H22N2O/c1-3-4-9(7-11)10(13)5-6-12(2)8-10/h9,13H,3-8,11H2,1-2H3. The smallest absolute Gasteiger partial charge is 0.0826 e. The molecule has 1 aliphatic heterocycles. The van der Waals surface area contributed by atoms with Gasteiger partial charge in [-0.1, -0.05) is 13.3 Å². The number of aliphatic hydroxyl groups is 1. The molecule has 0 spiro atoms. The zero-order valence-electron chi connectivity index (χ0n) is 8.79. The zero-order valence-corrected chi connectivity index (χ0v) is 8.79. The summed E-state index contributed by atoms with van der Waals surface area (Å²) < 4.78 is 0. The Hall–Kier alpha value is -0.120. The number of likely N-dealkylation sites (N-methyl/N-ethyl adjacent to an activating group) is 1. The highest BCUT2D eigenvalue weighted by molar-refractivity contribution is 4.94. The predicted molar refractivity (Wildman–Crippen MR) is 54.5 cm³/mol. The number of nitrogens with zero attached hydrogens (tertiary/aromatic N) is 1. The molecular formula is C10H22N2O. The van der Waals surface area contributed by atoms with E-state index in [4.69, 9.17) is 5.73 Å². The highest BCUT2D eigenvalue weighted by Gasteiger charge is 2.40. The largest absolute Gasteiger partial charge is 0.388 e. The maximum absolute atomic E-state index is 10.3. The first-order valence-electron chi connectivity index (χ1n) is 5.23. The van der Waals surface area contributed by atoms with Crippen molar-refractivity contribution in [3.8, 4) is 0 Å². The fourth-order valence-electron chi connectivity index (χ4n) is 2.30. The number of nitrogens with two attached hydrogens (primary N) is 1. The second kappa shape index (κ2) is 4.40. The molecule has 0 bridgehead atoms. The number of likely N-dealkylation sites (tertiary alicyclic amines) is 1. The topological polar surface area (TPSA) is 49.5 Å². The zero-order chi connectivity index (χ0) is 9.90. The van der Waals surface area contributed by atoms with Crippen LogP contribution in [-0.2, 0) is 0 Å². The Balaban J connectivity index is 2.55. The second-order valence-electron chi connectivity index (χ2n) is 4.31. The SMILES string of the molecule is CCCC(CN)C1(O)CCN(C)C1. The fraction of sp³-hybridized carbons (Fsp3) is 1.00. The van der Waals surface area contributed by atoms with Gasteiger partial charge in [0.15, 0.2) is 0 Å². The minimum Gasteiger partial charge on any atom is -0.388 e. The molecule has 3 nitrogen and oxygen atoms in total. The molecule has 13 heavy (non-hydrogen) atoms. The first-order chi connectivity index (χ1) is 6.12. The van der Waals surface area contributed by atoms with E-state index in [1.807, 2.05) is 0 Å². The minimum absolute atomic E-state index is 0.280. The summed E-state index contributed by atoms with van der Waals surface area (Å²) in [6.45, 7) is 4.54. The van der Waals surface area contributed by atoms with Gasteiger partial charge >= 0.3 is 0 Å². The molecule has 0 aromatic heterocycles. The Morgan fingerprint density at radius 1 is 1.62 bits per heavy atom. The van der Waals surface area contributed by atoms with Crippen molar-refractivity contribution in [1.82, 2.24) is 4.90 Å². The van der Waals surface area contributed by atoms with Crippen molar-refractivity contribution in [3.63, 3.8) is 0 Å². The molecule has 0 amide bonds. The minimum atomic E-state index is -0.514. The molecule has 78 valence electrons. The van der Waals surface area contributed by atoms with E-state index in [0.29, 0.717) is 6.54 Å². The average molecular weight is 186 g/mol. The molecule has 3 heteroatoms. The predicted octanol–water partition coefficient (Wildman–Crippen LogP) is 0.428. The van der Waals surface area contributed by atoms with E-state index in [1.54, 1.807) is 0 Å². The number of β-amino-alcohol motifs (C(OH)–C–C–N with tert-alkyl or cyclic N) is 1. The Kier molecular flexibility index (Phi) is 3.71. The van der Waals surface area contributed by atoms with Crippen molar-refractivity contribution in [2.45, 2.75) is 31.8 Å². The van der Waals surface area contributed by atoms with Crippen LogP contribution in [0.15, 0.2) is 0 Å². The molecule has 0 saturated carbocycles. The highest BCUT2D eigenvalue weighted by atomic mass is 16.3. The quantitative estimate of drug-likeness (QED) is 0.669. The number of rotatable bonds is 4. The molecule has 2 atom stereocenters. The van der Waals surface area contributed by atoms with Crippen LogP contribution in [0.1, 0.15) is 26.2 Å². The maximum atomic E-state index is 10.3. The molecule has 0 radical (unpaired) electrons. The van der Waals surface area contributed by atoms with Crippen LogP contribution in [0, 0.1) is 5.92 Å². The molecule has 1 aliphatic rings. The summed E-state index contributed by atoms with van der Waals surface area (Å²) >= 11 is 0. The van der Waals surface area contributed by atoms with Crippen molar-refractivity contribution in [3.05, 3.63) is 0 Å². The van der Waals surface area contributed by atoms with E-state index in [9.17, 15) is 5.11 Å². The lowest BCUT2D eigenvalue weighted by Gasteiger charge is -2.31. The van der Waals surface area contributed by atoms with Crippen LogP contribution in [0.25, 0.3) is 0 Å². The lowest BCUT2D eigenvalue weighted by molar-refractivity contribution is -0.00747. The molecule has 3 N–H and O–H groups in total. The third-order valence-electron chi connectivity index (χ3n) is 3.15. The highest BCUT2D eigenvalue weighted by Crippen LogP contribution is 2.30. The average Bonchev–Trinajstić information content (AvgIpc) is 2.43. The summed E-state index contributed by atoms with van der Waals surface area (Å²) in [6, 6.07) is 0. The lowest BCUT2D eigenvalue weighted by atomic mass is 9.83. The van der Waals surface area contributed by atoms with Crippen molar-refractivity contribution >= 4 is 0 Å². The fourth-order valence-corrected chi connectivity index (χ4v) is 2.30. The monoisotopic (exact) mass is 186 g/mol. The summed E-state index contributed by atoms with van der Waals surface area (Å²) in [6.07, 6.45) is 3.03. The normalized spacial score (nSPS) is 32.3. The van der Waals surface area contributed by atoms with Crippen molar-refractivity contribution < 1.29 is 5.11 Å². The van der Waals surface area contributed by atoms with Gasteiger partial charge in [-0.05, 0) is 26.4 Å². The van der Waals surface area contributed by atoms with Crippen LogP contribution in [0.5, 0.6) is 0 Å². The molecular weight excluding hydrogens is 164 g/mol. The van der Waals surface area contributed by atoms with Crippen molar-refractivity contribution in [2.24, 2.45) is 11.7 Å². The van der Waals surface area contributed by atoms with E-state index in [1.165, 1.54) is 0 Å². The molecule has 0 aromatic rings. The summed E-state index contributed by atoms with van der Waals surface area (Å²) in [5, 5.41) is 10.3. The van der Waals surface area contributed by atoms with Gasteiger partial charge in [0.1, 0.15) is 0 Å². The maximum Gasteiger partial charge on any atom is 0.0826 e. The second-order valence-corrected chi connectivity index (χ2v) is 4.31. The van der Waals surface area contributed by atoms with Gasteiger partial charge in [-0.25, -0.2) is 0 Å². The summed E-state index contributed by atoms with van der Waals surface area (Å²) in [5.74, 6) is 0.280. The van der Waals surface area contributed by atoms with Crippen LogP contribution in [0.4, 0.5) is 0 Å². The van der Waals surface area contributed by atoms with Crippen LogP contribution >= 0.6 is 0 Å². The Labute approximate surface area is 80.9 Å². The van der Waals surface area contributed by atoms with E-state index < -0.39 is 5.60 Å². The van der Waals surface area contributed by atoms with Gasteiger partial charge < -0.3 is 15.7 Å². The summed E-state index contributed by atoms with van der Waals surface area (Å²) in [4.78, 5) is 2.18. The van der Waals surface area contributed by atoms with Crippen LogP contribution in [-0.4, -0.2) is 42.3 Å².